The number of hydrogen-bond acceptors (Lipinski definition) is 4. The Morgan fingerprint density at radius 3 is 2.69 bits per heavy atom. The summed E-state index contributed by atoms with van der Waals surface area (Å²) in [6.45, 7) is 5.01. The van der Waals surface area contributed by atoms with Gasteiger partial charge < -0.3 is 14.4 Å². The maximum absolute atomic E-state index is 13.6. The van der Waals surface area contributed by atoms with Crippen LogP contribution < -0.4 is 4.74 Å². The molecule has 3 fully saturated rings. The summed E-state index contributed by atoms with van der Waals surface area (Å²) in [5.41, 5.74) is 1.63. The van der Waals surface area contributed by atoms with Crippen LogP contribution in [0, 0.1) is 0 Å². The minimum absolute atomic E-state index is 0.0487. The second-order valence-corrected chi connectivity index (χ2v) is 9.75. The van der Waals surface area contributed by atoms with Gasteiger partial charge >= 0.3 is 0 Å². The molecule has 5 rings (SSSR count). The van der Waals surface area contributed by atoms with E-state index in [1.54, 1.807) is 0 Å². The molecule has 2 aromatic rings. The van der Waals surface area contributed by atoms with Gasteiger partial charge in [-0.1, -0.05) is 41.9 Å². The molecule has 3 aliphatic heterocycles. The second kappa shape index (κ2) is 9.42. The van der Waals surface area contributed by atoms with E-state index >= 15 is 0 Å². The van der Waals surface area contributed by atoms with Gasteiger partial charge in [-0.05, 0) is 62.5 Å². The molecule has 0 aliphatic carbocycles. The molecule has 6 heteroatoms. The Kier molecular flexibility index (Phi) is 6.40. The molecule has 3 saturated heterocycles. The van der Waals surface area contributed by atoms with Crippen LogP contribution >= 0.6 is 11.6 Å². The van der Waals surface area contributed by atoms with Crippen LogP contribution in [0.4, 0.5) is 0 Å². The molecule has 32 heavy (non-hydrogen) atoms. The predicted octanol–water partition coefficient (Wildman–Crippen LogP) is 4.78. The fraction of sp³-hybridized carbons (Fsp3) is 0.500. The molecule has 5 nitrogen and oxygen atoms in total. The molecule has 3 aliphatic rings. The molecule has 0 radical (unpaired) electrons. The van der Waals surface area contributed by atoms with Crippen molar-refractivity contribution in [3.63, 3.8) is 0 Å². The van der Waals surface area contributed by atoms with Gasteiger partial charge in [-0.25, -0.2) is 0 Å². The Labute approximate surface area is 195 Å². The molecule has 0 saturated carbocycles. The van der Waals surface area contributed by atoms with Crippen LogP contribution in [-0.2, 0) is 11.3 Å². The smallest absolute Gasteiger partial charge is 0.254 e. The number of amides is 1. The van der Waals surface area contributed by atoms with Crippen LogP contribution in [0.1, 0.15) is 48.0 Å². The number of hydrogen-bond donors (Lipinski definition) is 0. The minimum atomic E-state index is -0.330. The highest BCUT2D eigenvalue weighted by atomic mass is 35.5. The lowest BCUT2D eigenvalue weighted by Gasteiger charge is -2.40. The Balaban J connectivity index is 1.26. The van der Waals surface area contributed by atoms with Gasteiger partial charge in [-0.15, -0.1) is 0 Å². The highest BCUT2D eigenvalue weighted by Gasteiger charge is 2.45. The molecule has 0 bridgehead atoms. The summed E-state index contributed by atoms with van der Waals surface area (Å²) in [6.07, 6.45) is 5.12. The van der Waals surface area contributed by atoms with E-state index < -0.39 is 0 Å². The number of carbonyl (C=O) groups excluding carboxylic acids is 1. The number of likely N-dealkylation sites (tertiary alicyclic amines) is 2. The third-order valence-electron chi connectivity index (χ3n) is 6.97. The zero-order valence-electron chi connectivity index (χ0n) is 18.5. The van der Waals surface area contributed by atoms with Crippen molar-refractivity contribution in [3.8, 4) is 5.75 Å². The van der Waals surface area contributed by atoms with E-state index in [-0.39, 0.29) is 17.6 Å². The molecule has 0 unspecified atom stereocenters. The summed E-state index contributed by atoms with van der Waals surface area (Å²) in [5.74, 6) is 0.817. The number of benzene rings is 2. The first-order valence-electron chi connectivity index (χ1n) is 11.8. The second-order valence-electron chi connectivity index (χ2n) is 9.34. The van der Waals surface area contributed by atoms with Crippen molar-refractivity contribution >= 4 is 17.5 Å². The van der Waals surface area contributed by atoms with Crippen molar-refractivity contribution < 1.29 is 14.3 Å². The third-order valence-corrected chi connectivity index (χ3v) is 7.28. The van der Waals surface area contributed by atoms with Gasteiger partial charge in [0.1, 0.15) is 11.9 Å². The Hall–Kier alpha value is -2.08. The van der Waals surface area contributed by atoms with Crippen LogP contribution in [0.5, 0.6) is 5.75 Å². The Bertz CT molecular complexity index is 962. The molecule has 1 amide bonds. The first-order chi connectivity index (χ1) is 15.6. The van der Waals surface area contributed by atoms with Gasteiger partial charge in [-0.2, -0.15) is 0 Å². The first kappa shape index (κ1) is 21.7. The summed E-state index contributed by atoms with van der Waals surface area (Å²) in [4.78, 5) is 18.0. The predicted molar refractivity (Wildman–Crippen MR) is 125 cm³/mol. The fourth-order valence-electron chi connectivity index (χ4n) is 5.37. The average Bonchev–Trinajstić information content (AvgIpc) is 3.46. The maximum Gasteiger partial charge on any atom is 0.254 e. The molecular weight excluding hydrogens is 424 g/mol. The molecule has 2 atom stereocenters. The average molecular weight is 455 g/mol. The van der Waals surface area contributed by atoms with Crippen LogP contribution in [0.25, 0.3) is 0 Å². The number of ether oxygens (including phenoxy) is 2. The van der Waals surface area contributed by atoms with Gasteiger partial charge in [-0.3, -0.25) is 9.69 Å². The molecule has 0 N–H and O–H groups in total. The lowest BCUT2D eigenvalue weighted by atomic mass is 9.88. The zero-order valence-corrected chi connectivity index (χ0v) is 19.2. The van der Waals surface area contributed by atoms with Gasteiger partial charge in [0, 0.05) is 25.1 Å². The molecule has 1 spiro atoms. The van der Waals surface area contributed by atoms with Gasteiger partial charge in [0.05, 0.1) is 23.8 Å². The highest BCUT2D eigenvalue weighted by Crippen LogP contribution is 2.38. The van der Waals surface area contributed by atoms with Crippen LogP contribution in [0.15, 0.2) is 48.5 Å². The van der Waals surface area contributed by atoms with Gasteiger partial charge in [0.25, 0.3) is 5.91 Å². The summed E-state index contributed by atoms with van der Waals surface area (Å²) in [6, 6.07) is 15.6. The molecule has 2 aromatic carbocycles. The normalized spacial score (nSPS) is 26.0. The lowest BCUT2D eigenvalue weighted by Crippen LogP contribution is -2.50. The summed E-state index contributed by atoms with van der Waals surface area (Å²) in [7, 11) is 0. The molecule has 0 aromatic heterocycles. The van der Waals surface area contributed by atoms with Crippen LogP contribution in [-0.4, -0.2) is 60.2 Å². The first-order valence-corrected chi connectivity index (χ1v) is 12.1. The van der Waals surface area contributed by atoms with E-state index in [0.29, 0.717) is 23.9 Å². The summed E-state index contributed by atoms with van der Waals surface area (Å²) in [5, 5.41) is 0.614. The van der Waals surface area contributed by atoms with E-state index in [2.05, 4.69) is 11.0 Å². The quantitative estimate of drug-likeness (QED) is 0.652. The Morgan fingerprint density at radius 2 is 1.84 bits per heavy atom. The minimum Gasteiger partial charge on any atom is -0.486 e. The molecular formula is C26H31ClN2O3. The fourth-order valence-corrected chi connectivity index (χ4v) is 5.55. The lowest BCUT2D eigenvalue weighted by molar-refractivity contribution is -0.0453. The topological polar surface area (TPSA) is 42.0 Å². The number of rotatable bonds is 5. The van der Waals surface area contributed by atoms with Gasteiger partial charge in [0.15, 0.2) is 0 Å². The van der Waals surface area contributed by atoms with Crippen LogP contribution in [0.2, 0.25) is 5.02 Å². The monoisotopic (exact) mass is 454 g/mol. The van der Waals surface area contributed by atoms with Crippen molar-refractivity contribution in [1.82, 2.24) is 9.80 Å². The number of piperidine rings is 1. The number of halogens is 1. The maximum atomic E-state index is 13.6. The molecule has 170 valence electrons. The zero-order chi connectivity index (χ0) is 22.0. The molecule has 3 heterocycles. The van der Waals surface area contributed by atoms with Gasteiger partial charge in [0.2, 0.25) is 0 Å². The van der Waals surface area contributed by atoms with Crippen molar-refractivity contribution in [2.75, 3.05) is 32.8 Å². The van der Waals surface area contributed by atoms with Crippen LogP contribution in [0.3, 0.4) is 0 Å². The SMILES string of the molecule is O=C(c1ccccc1CN1CCCC1)N1CCC[C@]2(C[C@@H](Oc3ccccc3Cl)CO2)C1. The Morgan fingerprint density at radius 1 is 1.06 bits per heavy atom. The van der Waals surface area contributed by atoms with Crippen molar-refractivity contribution in [3.05, 3.63) is 64.7 Å². The summed E-state index contributed by atoms with van der Waals surface area (Å²) < 4.78 is 12.4. The van der Waals surface area contributed by atoms with E-state index in [1.807, 2.05) is 47.4 Å². The van der Waals surface area contributed by atoms with Crippen molar-refractivity contribution in [2.24, 2.45) is 0 Å². The highest BCUT2D eigenvalue weighted by molar-refractivity contribution is 6.32. The number of carbonyl (C=O) groups is 1. The van der Waals surface area contributed by atoms with Crippen molar-refractivity contribution in [1.29, 1.82) is 0 Å². The number of nitrogens with zero attached hydrogens (tertiary/aromatic N) is 2. The van der Waals surface area contributed by atoms with E-state index in [1.165, 1.54) is 12.8 Å². The van der Waals surface area contributed by atoms with E-state index in [0.717, 1.165) is 56.6 Å². The van der Waals surface area contributed by atoms with Crippen molar-refractivity contribution in [2.45, 2.75) is 50.4 Å². The summed E-state index contributed by atoms with van der Waals surface area (Å²) >= 11 is 6.27. The van der Waals surface area contributed by atoms with E-state index in [9.17, 15) is 4.79 Å². The van der Waals surface area contributed by atoms with E-state index in [4.69, 9.17) is 21.1 Å². The standard InChI is InChI=1S/C26H31ClN2O3/c27-23-10-3-4-11-24(23)32-21-16-26(31-18-21)12-7-15-29(19-26)25(30)22-9-2-1-8-20(22)17-28-13-5-6-14-28/h1-4,8-11,21H,5-7,12-19H2/t21-,26+/m1/s1. The number of para-hydroxylation sites is 1. The third kappa shape index (κ3) is 4.66. The largest absolute Gasteiger partial charge is 0.486 e.